The summed E-state index contributed by atoms with van der Waals surface area (Å²) in [6.45, 7) is 1.52. The highest BCUT2D eigenvalue weighted by atomic mass is 35.5. The SMILES string of the molecule is Cl.O=C(O)CCCCN1CCCCC1C(=O)O. The van der Waals surface area contributed by atoms with Crippen molar-refractivity contribution in [2.75, 3.05) is 13.1 Å². The maximum atomic E-state index is 11.0. The van der Waals surface area contributed by atoms with E-state index in [-0.39, 0.29) is 24.9 Å². The molecule has 17 heavy (non-hydrogen) atoms. The number of aliphatic carboxylic acids is 2. The number of nitrogens with zero attached hydrogens (tertiary/aromatic N) is 1. The van der Waals surface area contributed by atoms with Gasteiger partial charge in [0, 0.05) is 6.42 Å². The van der Waals surface area contributed by atoms with Crippen LogP contribution in [0.5, 0.6) is 0 Å². The minimum absolute atomic E-state index is 0. The molecule has 1 heterocycles. The summed E-state index contributed by atoms with van der Waals surface area (Å²) in [6.07, 6.45) is 4.29. The summed E-state index contributed by atoms with van der Waals surface area (Å²) in [6, 6.07) is -0.362. The second-order valence-electron chi connectivity index (χ2n) is 4.24. The Labute approximate surface area is 107 Å². The van der Waals surface area contributed by atoms with Crippen LogP contribution in [0.2, 0.25) is 0 Å². The fraction of sp³-hybridized carbons (Fsp3) is 0.818. The van der Waals surface area contributed by atoms with Crippen molar-refractivity contribution in [3.8, 4) is 0 Å². The predicted molar refractivity (Wildman–Crippen MR) is 65.6 cm³/mol. The Morgan fingerprint density at radius 1 is 1.18 bits per heavy atom. The van der Waals surface area contributed by atoms with Gasteiger partial charge in [-0.05, 0) is 38.8 Å². The van der Waals surface area contributed by atoms with E-state index in [1.54, 1.807) is 0 Å². The number of rotatable bonds is 6. The molecule has 0 aromatic rings. The lowest BCUT2D eigenvalue weighted by Gasteiger charge is -2.32. The highest BCUT2D eigenvalue weighted by Gasteiger charge is 2.27. The van der Waals surface area contributed by atoms with Gasteiger partial charge in [0.2, 0.25) is 0 Å². The standard InChI is InChI=1S/C11H19NO4.ClH/c13-10(14)6-2-4-8-12-7-3-1-5-9(12)11(15)16;/h9H,1-8H2,(H,13,14)(H,15,16);1H. The Kier molecular flexibility index (Phi) is 7.91. The molecular weight excluding hydrogens is 246 g/mol. The highest BCUT2D eigenvalue weighted by Crippen LogP contribution is 2.17. The van der Waals surface area contributed by atoms with E-state index in [0.717, 1.165) is 25.8 Å². The van der Waals surface area contributed by atoms with Crippen LogP contribution in [0.4, 0.5) is 0 Å². The summed E-state index contributed by atoms with van der Waals surface area (Å²) >= 11 is 0. The largest absolute Gasteiger partial charge is 0.481 e. The number of hydrogen-bond acceptors (Lipinski definition) is 3. The zero-order chi connectivity index (χ0) is 12.0. The fourth-order valence-electron chi connectivity index (χ4n) is 2.13. The molecule has 100 valence electrons. The lowest BCUT2D eigenvalue weighted by atomic mass is 10.0. The third-order valence-electron chi connectivity index (χ3n) is 2.98. The first kappa shape index (κ1) is 16.2. The topological polar surface area (TPSA) is 77.8 Å². The van der Waals surface area contributed by atoms with Crippen molar-refractivity contribution >= 4 is 24.3 Å². The van der Waals surface area contributed by atoms with Gasteiger partial charge < -0.3 is 10.2 Å². The van der Waals surface area contributed by atoms with E-state index >= 15 is 0 Å². The van der Waals surface area contributed by atoms with E-state index in [0.29, 0.717) is 19.4 Å². The van der Waals surface area contributed by atoms with Gasteiger partial charge in [-0.3, -0.25) is 14.5 Å². The zero-order valence-corrected chi connectivity index (χ0v) is 10.6. The maximum Gasteiger partial charge on any atom is 0.320 e. The molecule has 1 fully saturated rings. The van der Waals surface area contributed by atoms with E-state index < -0.39 is 11.9 Å². The molecule has 1 rings (SSSR count). The summed E-state index contributed by atoms with van der Waals surface area (Å²) in [7, 11) is 0. The molecule has 1 unspecified atom stereocenters. The number of carboxylic acid groups (broad SMARTS) is 2. The third kappa shape index (κ3) is 5.89. The molecule has 5 nitrogen and oxygen atoms in total. The van der Waals surface area contributed by atoms with Crippen LogP contribution in [-0.2, 0) is 9.59 Å². The van der Waals surface area contributed by atoms with Gasteiger partial charge in [0.1, 0.15) is 6.04 Å². The summed E-state index contributed by atoms with van der Waals surface area (Å²) in [5.74, 6) is -1.54. The van der Waals surface area contributed by atoms with E-state index in [4.69, 9.17) is 10.2 Å². The molecule has 0 spiro atoms. The average molecular weight is 266 g/mol. The van der Waals surface area contributed by atoms with Crippen molar-refractivity contribution in [2.24, 2.45) is 0 Å². The van der Waals surface area contributed by atoms with E-state index in [9.17, 15) is 9.59 Å². The van der Waals surface area contributed by atoms with Crippen LogP contribution < -0.4 is 0 Å². The normalized spacial score (nSPS) is 20.6. The first-order valence-corrected chi connectivity index (χ1v) is 5.80. The first-order chi connectivity index (χ1) is 7.61. The predicted octanol–water partition coefficient (Wildman–Crippen LogP) is 1.60. The number of carbonyl (C=O) groups is 2. The molecule has 0 amide bonds. The molecule has 0 bridgehead atoms. The molecule has 1 aliphatic rings. The van der Waals surface area contributed by atoms with Crippen molar-refractivity contribution in [1.29, 1.82) is 0 Å². The molecule has 0 aromatic heterocycles. The van der Waals surface area contributed by atoms with Gasteiger partial charge in [-0.2, -0.15) is 0 Å². The smallest absolute Gasteiger partial charge is 0.320 e. The molecule has 0 aromatic carbocycles. The first-order valence-electron chi connectivity index (χ1n) is 5.80. The van der Waals surface area contributed by atoms with E-state index in [2.05, 4.69) is 0 Å². The highest BCUT2D eigenvalue weighted by molar-refractivity contribution is 5.85. The van der Waals surface area contributed by atoms with Gasteiger partial charge in [0.15, 0.2) is 0 Å². The summed E-state index contributed by atoms with van der Waals surface area (Å²) in [4.78, 5) is 23.3. The number of hydrogen-bond donors (Lipinski definition) is 2. The molecular formula is C11H20ClNO4. The molecule has 0 aliphatic carbocycles. The van der Waals surface area contributed by atoms with Crippen molar-refractivity contribution in [3.05, 3.63) is 0 Å². The molecule has 1 aliphatic heterocycles. The number of likely N-dealkylation sites (tertiary alicyclic amines) is 1. The number of piperidine rings is 1. The van der Waals surface area contributed by atoms with Gasteiger partial charge in [-0.25, -0.2) is 0 Å². The molecule has 0 saturated carbocycles. The van der Waals surface area contributed by atoms with Gasteiger partial charge in [0.25, 0.3) is 0 Å². The van der Waals surface area contributed by atoms with Crippen molar-refractivity contribution in [3.63, 3.8) is 0 Å². The van der Waals surface area contributed by atoms with Crippen LogP contribution in [-0.4, -0.2) is 46.2 Å². The average Bonchev–Trinajstić information content (AvgIpc) is 2.24. The number of carboxylic acids is 2. The fourth-order valence-corrected chi connectivity index (χ4v) is 2.13. The van der Waals surface area contributed by atoms with E-state index in [1.165, 1.54) is 0 Å². The number of unbranched alkanes of at least 4 members (excludes halogenated alkanes) is 1. The zero-order valence-electron chi connectivity index (χ0n) is 9.80. The summed E-state index contributed by atoms with van der Waals surface area (Å²) in [5, 5.41) is 17.5. The Morgan fingerprint density at radius 2 is 1.88 bits per heavy atom. The minimum atomic E-state index is -0.784. The maximum absolute atomic E-state index is 11.0. The Morgan fingerprint density at radius 3 is 2.47 bits per heavy atom. The van der Waals surface area contributed by atoms with Crippen molar-refractivity contribution < 1.29 is 19.8 Å². The summed E-state index contributed by atoms with van der Waals surface area (Å²) in [5.41, 5.74) is 0. The minimum Gasteiger partial charge on any atom is -0.481 e. The van der Waals surface area contributed by atoms with E-state index in [1.807, 2.05) is 4.90 Å². The van der Waals surface area contributed by atoms with Crippen LogP contribution in [0.3, 0.4) is 0 Å². The van der Waals surface area contributed by atoms with Crippen molar-refractivity contribution in [1.82, 2.24) is 4.90 Å². The van der Waals surface area contributed by atoms with Gasteiger partial charge in [-0.1, -0.05) is 6.42 Å². The van der Waals surface area contributed by atoms with Crippen LogP contribution in [0.1, 0.15) is 38.5 Å². The number of halogens is 1. The lowest BCUT2D eigenvalue weighted by Crippen LogP contribution is -2.44. The van der Waals surface area contributed by atoms with Gasteiger partial charge in [-0.15, -0.1) is 12.4 Å². The molecule has 1 atom stereocenters. The van der Waals surface area contributed by atoms with Crippen LogP contribution in [0.25, 0.3) is 0 Å². The molecule has 2 N–H and O–H groups in total. The van der Waals surface area contributed by atoms with Crippen LogP contribution in [0, 0.1) is 0 Å². The lowest BCUT2D eigenvalue weighted by molar-refractivity contribution is -0.144. The van der Waals surface area contributed by atoms with Crippen molar-refractivity contribution in [2.45, 2.75) is 44.6 Å². The second-order valence-corrected chi connectivity index (χ2v) is 4.24. The molecule has 1 saturated heterocycles. The second kappa shape index (κ2) is 8.31. The van der Waals surface area contributed by atoms with Crippen LogP contribution >= 0.6 is 12.4 Å². The van der Waals surface area contributed by atoms with Crippen LogP contribution in [0.15, 0.2) is 0 Å². The Balaban J connectivity index is 0.00000256. The van der Waals surface area contributed by atoms with Gasteiger partial charge in [0.05, 0.1) is 0 Å². The summed E-state index contributed by atoms with van der Waals surface area (Å²) < 4.78 is 0. The van der Waals surface area contributed by atoms with Gasteiger partial charge >= 0.3 is 11.9 Å². The monoisotopic (exact) mass is 265 g/mol. The third-order valence-corrected chi connectivity index (χ3v) is 2.98. The Bertz CT molecular complexity index is 260. The molecule has 6 heteroatoms. The quantitative estimate of drug-likeness (QED) is 0.714. The Hall–Kier alpha value is -0.810. The molecule has 0 radical (unpaired) electrons.